The average Bonchev–Trinajstić information content (AvgIpc) is 2.77. The van der Waals surface area contributed by atoms with Gasteiger partial charge in [-0.15, -0.1) is 0 Å². The van der Waals surface area contributed by atoms with Crippen LogP contribution in [0.2, 0.25) is 0 Å². The second-order valence-electron chi connectivity index (χ2n) is 6.53. The Morgan fingerprint density at radius 2 is 1.38 bits per heavy atom. The Kier molecular flexibility index (Phi) is 8.83. The van der Waals surface area contributed by atoms with Crippen LogP contribution in [0.5, 0.6) is 23.0 Å². The lowest BCUT2D eigenvalue weighted by Gasteiger charge is -2.22. The molecule has 2 unspecified atom stereocenters. The van der Waals surface area contributed by atoms with Crippen LogP contribution in [0.1, 0.15) is 23.7 Å². The zero-order chi connectivity index (χ0) is 21.2. The summed E-state index contributed by atoms with van der Waals surface area (Å²) >= 11 is 0. The van der Waals surface area contributed by atoms with Gasteiger partial charge in [-0.1, -0.05) is 24.3 Å². The fourth-order valence-electron chi connectivity index (χ4n) is 3.15. The quantitative estimate of drug-likeness (QED) is 0.610. The molecule has 0 bridgehead atoms. The van der Waals surface area contributed by atoms with Crippen molar-refractivity contribution in [3.05, 3.63) is 53.6 Å². The highest BCUT2D eigenvalue weighted by molar-refractivity contribution is 5.56. The molecule has 2 rings (SSSR count). The van der Waals surface area contributed by atoms with Gasteiger partial charge in [0.05, 0.1) is 41.2 Å². The first-order chi connectivity index (χ1) is 14.1. The molecule has 0 saturated heterocycles. The first-order valence-electron chi connectivity index (χ1n) is 9.35. The summed E-state index contributed by atoms with van der Waals surface area (Å²) in [5, 5.41) is 10.9. The molecule has 0 aromatic heterocycles. The van der Waals surface area contributed by atoms with E-state index in [2.05, 4.69) is 0 Å². The molecule has 0 aliphatic heterocycles. The van der Waals surface area contributed by atoms with Crippen LogP contribution in [-0.4, -0.2) is 47.3 Å². The number of aliphatic hydroxyl groups excluding tert-OH is 1. The molecule has 0 spiro atoms. The highest BCUT2D eigenvalue weighted by Gasteiger charge is 2.21. The summed E-state index contributed by atoms with van der Waals surface area (Å²) in [6.07, 6.45) is 3.95. The SMILES string of the molecule is COCC(CC=Cc1ccc(OC)c(OC)c1)C(O)c1ccc(OC)c(OC)c1. The van der Waals surface area contributed by atoms with E-state index in [1.54, 1.807) is 47.7 Å². The molecule has 6 heteroatoms. The van der Waals surface area contributed by atoms with E-state index < -0.39 is 6.10 Å². The van der Waals surface area contributed by atoms with Crippen molar-refractivity contribution in [3.8, 4) is 23.0 Å². The summed E-state index contributed by atoms with van der Waals surface area (Å²) in [6.45, 7) is 0.422. The van der Waals surface area contributed by atoms with Crippen molar-refractivity contribution in [2.75, 3.05) is 42.2 Å². The van der Waals surface area contributed by atoms with E-state index in [-0.39, 0.29) is 5.92 Å². The maximum Gasteiger partial charge on any atom is 0.161 e. The fraction of sp³-hybridized carbons (Fsp3) is 0.391. The van der Waals surface area contributed by atoms with Crippen LogP contribution in [0.15, 0.2) is 42.5 Å². The predicted octanol–water partition coefficient (Wildman–Crippen LogP) is 4.12. The Hall–Kier alpha value is -2.70. The highest BCUT2D eigenvalue weighted by Crippen LogP contribution is 2.34. The molecule has 158 valence electrons. The summed E-state index contributed by atoms with van der Waals surface area (Å²) in [7, 11) is 8.01. The first kappa shape index (κ1) is 22.6. The second kappa shape index (κ2) is 11.3. The molecule has 0 fully saturated rings. The number of ether oxygens (including phenoxy) is 5. The van der Waals surface area contributed by atoms with Crippen LogP contribution in [0, 0.1) is 5.92 Å². The van der Waals surface area contributed by atoms with Crippen LogP contribution < -0.4 is 18.9 Å². The van der Waals surface area contributed by atoms with E-state index >= 15 is 0 Å². The fourth-order valence-corrected chi connectivity index (χ4v) is 3.15. The Balaban J connectivity index is 2.14. The van der Waals surface area contributed by atoms with E-state index in [4.69, 9.17) is 23.7 Å². The molecule has 0 radical (unpaired) electrons. The van der Waals surface area contributed by atoms with Crippen LogP contribution in [-0.2, 0) is 4.74 Å². The van der Waals surface area contributed by atoms with E-state index in [9.17, 15) is 5.11 Å². The number of hydrogen-bond acceptors (Lipinski definition) is 6. The molecule has 0 amide bonds. The van der Waals surface area contributed by atoms with Gasteiger partial charge in [0.25, 0.3) is 0 Å². The molecule has 29 heavy (non-hydrogen) atoms. The van der Waals surface area contributed by atoms with Crippen molar-refractivity contribution in [1.82, 2.24) is 0 Å². The third-order valence-corrected chi connectivity index (χ3v) is 4.73. The minimum Gasteiger partial charge on any atom is -0.493 e. The van der Waals surface area contributed by atoms with E-state index in [1.165, 1.54) is 0 Å². The van der Waals surface area contributed by atoms with Crippen molar-refractivity contribution in [3.63, 3.8) is 0 Å². The minimum atomic E-state index is -0.704. The molecule has 1 N–H and O–H groups in total. The zero-order valence-corrected chi connectivity index (χ0v) is 17.7. The van der Waals surface area contributed by atoms with Gasteiger partial charge in [0, 0.05) is 13.0 Å². The lowest BCUT2D eigenvalue weighted by molar-refractivity contribution is 0.0486. The minimum absolute atomic E-state index is 0.116. The van der Waals surface area contributed by atoms with Crippen molar-refractivity contribution < 1.29 is 28.8 Å². The highest BCUT2D eigenvalue weighted by atomic mass is 16.5. The predicted molar refractivity (Wildman–Crippen MR) is 113 cm³/mol. The number of aliphatic hydroxyl groups is 1. The Morgan fingerprint density at radius 1 is 0.793 bits per heavy atom. The third-order valence-electron chi connectivity index (χ3n) is 4.73. The summed E-state index contributed by atoms with van der Waals surface area (Å²) in [5.41, 5.74) is 1.74. The van der Waals surface area contributed by atoms with Crippen molar-refractivity contribution in [2.45, 2.75) is 12.5 Å². The Bertz CT molecular complexity index is 802. The van der Waals surface area contributed by atoms with E-state index in [1.807, 2.05) is 36.4 Å². The van der Waals surface area contributed by atoms with Gasteiger partial charge in [-0.25, -0.2) is 0 Å². The third kappa shape index (κ3) is 5.89. The Labute approximate surface area is 172 Å². The molecule has 2 aromatic carbocycles. The van der Waals surface area contributed by atoms with Gasteiger partial charge in [0.2, 0.25) is 0 Å². The summed E-state index contributed by atoms with van der Waals surface area (Å²) in [6, 6.07) is 11.2. The topological polar surface area (TPSA) is 66.4 Å². The summed E-state index contributed by atoms with van der Waals surface area (Å²) in [4.78, 5) is 0. The number of methoxy groups -OCH3 is 5. The molecule has 2 aromatic rings. The monoisotopic (exact) mass is 402 g/mol. The molecular formula is C23H30O6. The normalized spacial score (nSPS) is 13.2. The van der Waals surface area contributed by atoms with Crippen molar-refractivity contribution in [2.24, 2.45) is 5.92 Å². The van der Waals surface area contributed by atoms with Gasteiger partial charge in [0.15, 0.2) is 23.0 Å². The smallest absolute Gasteiger partial charge is 0.161 e. The maximum atomic E-state index is 10.9. The number of benzene rings is 2. The molecule has 2 atom stereocenters. The molecular weight excluding hydrogens is 372 g/mol. The standard InChI is InChI=1S/C23H30O6/c1-25-15-18(23(24)17-10-12-20(27-3)22(14-17)29-5)8-6-7-16-9-11-19(26-2)21(13-16)28-4/h6-7,9-14,18,23-24H,8,15H2,1-5H3. The van der Waals surface area contributed by atoms with Crippen LogP contribution >= 0.6 is 0 Å². The molecule has 0 aliphatic rings. The maximum absolute atomic E-state index is 10.9. The van der Waals surface area contributed by atoms with Crippen LogP contribution in [0.4, 0.5) is 0 Å². The van der Waals surface area contributed by atoms with Crippen molar-refractivity contribution in [1.29, 1.82) is 0 Å². The molecule has 6 nitrogen and oxygen atoms in total. The van der Waals surface area contributed by atoms with Gasteiger partial charge in [0.1, 0.15) is 0 Å². The van der Waals surface area contributed by atoms with Crippen LogP contribution in [0.25, 0.3) is 6.08 Å². The van der Waals surface area contributed by atoms with Gasteiger partial charge < -0.3 is 28.8 Å². The average molecular weight is 402 g/mol. The lowest BCUT2D eigenvalue weighted by atomic mass is 9.92. The second-order valence-corrected chi connectivity index (χ2v) is 6.53. The largest absolute Gasteiger partial charge is 0.493 e. The van der Waals surface area contributed by atoms with Gasteiger partial charge >= 0.3 is 0 Å². The molecule has 0 aliphatic carbocycles. The molecule has 0 heterocycles. The first-order valence-corrected chi connectivity index (χ1v) is 9.35. The van der Waals surface area contributed by atoms with Gasteiger partial charge in [-0.3, -0.25) is 0 Å². The van der Waals surface area contributed by atoms with Crippen molar-refractivity contribution >= 4 is 6.08 Å². The summed E-state index contributed by atoms with van der Waals surface area (Å²) < 4.78 is 26.5. The lowest BCUT2D eigenvalue weighted by Crippen LogP contribution is -2.17. The molecule has 0 saturated carbocycles. The zero-order valence-electron chi connectivity index (χ0n) is 17.7. The van der Waals surface area contributed by atoms with Gasteiger partial charge in [-0.05, 0) is 41.8 Å². The van der Waals surface area contributed by atoms with Crippen LogP contribution in [0.3, 0.4) is 0 Å². The summed E-state index contributed by atoms with van der Waals surface area (Å²) in [5.74, 6) is 2.45. The number of hydrogen-bond donors (Lipinski definition) is 1. The van der Waals surface area contributed by atoms with E-state index in [0.717, 1.165) is 11.1 Å². The Morgan fingerprint density at radius 3 is 1.97 bits per heavy atom. The number of rotatable bonds is 11. The van der Waals surface area contributed by atoms with Gasteiger partial charge in [-0.2, -0.15) is 0 Å². The number of allylic oxidation sites excluding steroid dienone is 1. The van der Waals surface area contributed by atoms with E-state index in [0.29, 0.717) is 36.0 Å².